The number of carbonyl (C=O) groups excluding carboxylic acids is 1. The molecule has 0 saturated heterocycles. The summed E-state index contributed by atoms with van der Waals surface area (Å²) in [5, 5.41) is 0.0969. The lowest BCUT2D eigenvalue weighted by molar-refractivity contribution is -0.275. The molecule has 0 bridgehead atoms. The molecule has 88 valence electrons. The standard InChI is InChI=1S/C9H6BrF3O2S/c10-4-6(14)5-1-2-7(8(16)3-5)15-9(11,12)13/h1-3,16H,4H2. The van der Waals surface area contributed by atoms with Crippen molar-refractivity contribution in [2.45, 2.75) is 11.3 Å². The van der Waals surface area contributed by atoms with E-state index in [2.05, 4.69) is 33.3 Å². The monoisotopic (exact) mass is 314 g/mol. The minimum Gasteiger partial charge on any atom is -0.405 e. The number of carbonyl (C=O) groups is 1. The Labute approximate surface area is 103 Å². The van der Waals surface area contributed by atoms with Crippen LogP contribution in [0.3, 0.4) is 0 Å². The molecule has 0 aromatic heterocycles. The van der Waals surface area contributed by atoms with Gasteiger partial charge in [0.2, 0.25) is 0 Å². The highest BCUT2D eigenvalue weighted by Gasteiger charge is 2.31. The Hall–Kier alpha value is -0.690. The summed E-state index contributed by atoms with van der Waals surface area (Å²) >= 11 is 6.78. The van der Waals surface area contributed by atoms with Crippen LogP contribution in [0.15, 0.2) is 23.1 Å². The maximum Gasteiger partial charge on any atom is 0.573 e. The number of ketones is 1. The van der Waals surface area contributed by atoms with Crippen LogP contribution in [0.1, 0.15) is 10.4 Å². The molecule has 1 aromatic rings. The van der Waals surface area contributed by atoms with E-state index < -0.39 is 12.1 Å². The van der Waals surface area contributed by atoms with Crippen LogP contribution in [0.5, 0.6) is 5.75 Å². The van der Waals surface area contributed by atoms with Crippen LogP contribution in [-0.4, -0.2) is 17.5 Å². The van der Waals surface area contributed by atoms with Crippen LogP contribution >= 0.6 is 28.6 Å². The third kappa shape index (κ3) is 3.71. The van der Waals surface area contributed by atoms with Crippen molar-refractivity contribution in [1.29, 1.82) is 0 Å². The van der Waals surface area contributed by atoms with Crippen LogP contribution in [0.25, 0.3) is 0 Å². The van der Waals surface area contributed by atoms with E-state index in [0.29, 0.717) is 0 Å². The van der Waals surface area contributed by atoms with Gasteiger partial charge in [-0.25, -0.2) is 0 Å². The average molecular weight is 315 g/mol. The molecule has 0 saturated carbocycles. The number of Topliss-reactive ketones (excluding diaryl/α,β-unsaturated/α-hetero) is 1. The van der Waals surface area contributed by atoms with Crippen molar-refractivity contribution < 1.29 is 22.7 Å². The molecule has 0 atom stereocenters. The van der Waals surface area contributed by atoms with E-state index in [9.17, 15) is 18.0 Å². The molecule has 0 spiro atoms. The fourth-order valence-corrected chi connectivity index (χ4v) is 1.56. The smallest absolute Gasteiger partial charge is 0.405 e. The molecule has 0 amide bonds. The van der Waals surface area contributed by atoms with Gasteiger partial charge >= 0.3 is 6.36 Å². The fraction of sp³-hybridized carbons (Fsp3) is 0.222. The lowest BCUT2D eigenvalue weighted by Gasteiger charge is -2.11. The first-order valence-electron chi connectivity index (χ1n) is 4.01. The lowest BCUT2D eigenvalue weighted by atomic mass is 10.1. The van der Waals surface area contributed by atoms with Crippen molar-refractivity contribution >= 4 is 34.3 Å². The Balaban J connectivity index is 2.96. The van der Waals surface area contributed by atoms with Gasteiger partial charge in [-0.1, -0.05) is 15.9 Å². The number of hydrogen-bond donors (Lipinski definition) is 1. The Morgan fingerprint density at radius 2 is 2.06 bits per heavy atom. The number of alkyl halides is 4. The largest absolute Gasteiger partial charge is 0.573 e. The Kier molecular flexibility index (Phi) is 4.26. The van der Waals surface area contributed by atoms with Gasteiger partial charge in [-0.3, -0.25) is 4.79 Å². The van der Waals surface area contributed by atoms with E-state index in [1.54, 1.807) is 0 Å². The van der Waals surface area contributed by atoms with Gasteiger partial charge in [-0.05, 0) is 18.2 Å². The van der Waals surface area contributed by atoms with Crippen LogP contribution in [0.4, 0.5) is 13.2 Å². The zero-order valence-electron chi connectivity index (χ0n) is 7.71. The first-order chi connectivity index (χ1) is 7.33. The molecule has 0 aliphatic heterocycles. The first kappa shape index (κ1) is 13.4. The van der Waals surface area contributed by atoms with Gasteiger partial charge in [-0.2, -0.15) is 0 Å². The lowest BCUT2D eigenvalue weighted by Crippen LogP contribution is -2.17. The Morgan fingerprint density at radius 3 is 2.50 bits per heavy atom. The molecule has 1 rings (SSSR count). The molecule has 0 aliphatic rings. The van der Waals surface area contributed by atoms with E-state index in [1.807, 2.05) is 0 Å². The second kappa shape index (κ2) is 5.09. The molecule has 0 aliphatic carbocycles. The van der Waals surface area contributed by atoms with Crippen molar-refractivity contribution in [3.63, 3.8) is 0 Å². The summed E-state index contributed by atoms with van der Waals surface area (Å²) in [5.41, 5.74) is 0.274. The molecule has 7 heteroatoms. The third-order valence-electron chi connectivity index (χ3n) is 1.63. The van der Waals surface area contributed by atoms with E-state index in [4.69, 9.17) is 0 Å². The highest BCUT2D eigenvalue weighted by atomic mass is 79.9. The minimum atomic E-state index is -4.77. The molecule has 2 nitrogen and oxygen atoms in total. The fourth-order valence-electron chi connectivity index (χ4n) is 0.979. The molecule has 0 N–H and O–H groups in total. The summed E-state index contributed by atoms with van der Waals surface area (Å²) in [7, 11) is 0. The predicted octanol–water partition coefficient (Wildman–Crippen LogP) is 3.45. The van der Waals surface area contributed by atoms with Crippen molar-refractivity contribution in [3.8, 4) is 5.75 Å². The van der Waals surface area contributed by atoms with Crippen LogP contribution in [-0.2, 0) is 0 Å². The van der Waals surface area contributed by atoms with E-state index in [0.717, 1.165) is 6.07 Å². The molecule has 0 heterocycles. The van der Waals surface area contributed by atoms with Gasteiger partial charge in [0.25, 0.3) is 0 Å². The molecule has 16 heavy (non-hydrogen) atoms. The van der Waals surface area contributed by atoms with E-state index in [1.165, 1.54) is 12.1 Å². The number of halogens is 4. The summed E-state index contributed by atoms with van der Waals surface area (Å²) < 4.78 is 39.4. The second-order valence-electron chi connectivity index (χ2n) is 2.79. The molecule has 0 unspecified atom stereocenters. The number of ether oxygens (including phenoxy) is 1. The number of hydrogen-bond acceptors (Lipinski definition) is 3. The van der Waals surface area contributed by atoms with Crippen LogP contribution in [0, 0.1) is 0 Å². The number of thiol groups is 1. The SMILES string of the molecule is O=C(CBr)c1ccc(OC(F)(F)F)c(S)c1. The number of rotatable bonds is 3. The number of benzene rings is 1. The zero-order valence-corrected chi connectivity index (χ0v) is 10.2. The van der Waals surface area contributed by atoms with Crippen molar-refractivity contribution in [3.05, 3.63) is 23.8 Å². The quantitative estimate of drug-likeness (QED) is 0.525. The summed E-state index contributed by atoms with van der Waals surface area (Å²) in [5.74, 6) is -0.671. The molecule has 0 fully saturated rings. The normalized spacial score (nSPS) is 11.3. The third-order valence-corrected chi connectivity index (χ3v) is 2.49. The van der Waals surface area contributed by atoms with Crippen molar-refractivity contribution in [2.75, 3.05) is 5.33 Å². The maximum atomic E-state index is 11.9. The Morgan fingerprint density at radius 1 is 1.44 bits per heavy atom. The highest BCUT2D eigenvalue weighted by molar-refractivity contribution is 9.09. The molecule has 1 aromatic carbocycles. The van der Waals surface area contributed by atoms with Gasteiger partial charge in [0.15, 0.2) is 5.78 Å². The minimum absolute atomic E-state index is 0.0378. The topological polar surface area (TPSA) is 26.3 Å². The van der Waals surface area contributed by atoms with Crippen molar-refractivity contribution in [1.82, 2.24) is 0 Å². The van der Waals surface area contributed by atoms with Gasteiger partial charge < -0.3 is 4.74 Å². The van der Waals surface area contributed by atoms with Crippen molar-refractivity contribution in [2.24, 2.45) is 0 Å². The highest BCUT2D eigenvalue weighted by Crippen LogP contribution is 2.29. The van der Waals surface area contributed by atoms with E-state index >= 15 is 0 Å². The van der Waals surface area contributed by atoms with Gasteiger partial charge in [0.05, 0.1) is 5.33 Å². The molecular formula is C9H6BrF3O2S. The predicted molar refractivity (Wildman–Crippen MR) is 58.5 cm³/mol. The van der Waals surface area contributed by atoms with Gasteiger partial charge in [0, 0.05) is 10.5 Å². The first-order valence-corrected chi connectivity index (χ1v) is 5.58. The summed E-state index contributed by atoms with van der Waals surface area (Å²) in [6, 6.07) is 3.55. The maximum absolute atomic E-state index is 11.9. The summed E-state index contributed by atoms with van der Waals surface area (Å²) in [4.78, 5) is 11.2. The van der Waals surface area contributed by atoms with Crippen LogP contribution in [0.2, 0.25) is 0 Å². The second-order valence-corrected chi connectivity index (χ2v) is 3.83. The van der Waals surface area contributed by atoms with Gasteiger partial charge in [0.1, 0.15) is 5.75 Å². The average Bonchev–Trinajstić information content (AvgIpc) is 2.18. The molecular weight excluding hydrogens is 309 g/mol. The summed E-state index contributed by atoms with van der Waals surface area (Å²) in [6.07, 6.45) is -4.77. The summed E-state index contributed by atoms with van der Waals surface area (Å²) in [6.45, 7) is 0. The van der Waals surface area contributed by atoms with Crippen LogP contribution < -0.4 is 4.74 Å². The Bertz CT molecular complexity index is 406. The molecule has 0 radical (unpaired) electrons. The van der Waals surface area contributed by atoms with E-state index in [-0.39, 0.29) is 21.6 Å². The van der Waals surface area contributed by atoms with Gasteiger partial charge in [-0.15, -0.1) is 25.8 Å². The zero-order chi connectivity index (χ0) is 12.3.